The molecule has 0 aromatic carbocycles. The molecule has 19 heavy (non-hydrogen) atoms. The lowest BCUT2D eigenvalue weighted by Gasteiger charge is -2.00. The Morgan fingerprint density at radius 1 is 1.47 bits per heavy atom. The van der Waals surface area contributed by atoms with Crippen LogP contribution < -0.4 is 0 Å². The molecule has 2 aromatic rings. The molecular weight excluding hydrogens is 252 g/mol. The Labute approximate surface area is 107 Å². The first-order valence-corrected chi connectivity index (χ1v) is 5.24. The van der Waals surface area contributed by atoms with Crippen molar-refractivity contribution < 1.29 is 14.5 Å². The largest absolute Gasteiger partial charge is 0.465 e. The average molecular weight is 262 g/mol. The van der Waals surface area contributed by atoms with Crippen LogP contribution in [0.1, 0.15) is 10.4 Å². The van der Waals surface area contributed by atoms with Gasteiger partial charge in [0.25, 0.3) is 0 Å². The number of hydrogen-bond donors (Lipinski definition) is 0. The Hall–Kier alpha value is -2.77. The van der Waals surface area contributed by atoms with Crippen molar-refractivity contribution in [2.75, 3.05) is 7.11 Å². The maximum Gasteiger partial charge on any atom is 0.339 e. The fraction of sp³-hybridized carbons (Fsp3) is 0.182. The summed E-state index contributed by atoms with van der Waals surface area (Å²) in [5.74, 6) is -0.562. The smallest absolute Gasteiger partial charge is 0.339 e. The first-order chi connectivity index (χ1) is 9.02. The lowest BCUT2D eigenvalue weighted by molar-refractivity contribution is -0.384. The van der Waals surface area contributed by atoms with E-state index in [-0.39, 0.29) is 16.9 Å². The standard InChI is InChI=1S/C11H10N4O4/c1-14-6-9(15(17)18)10(13-14)7-3-8(5-12-4-7)11(16)19-2/h3-6H,1-2H3. The first kappa shape index (κ1) is 12.7. The number of hydrogen-bond acceptors (Lipinski definition) is 6. The van der Waals surface area contributed by atoms with Crippen LogP contribution >= 0.6 is 0 Å². The van der Waals surface area contributed by atoms with Crippen molar-refractivity contribution in [3.05, 3.63) is 40.3 Å². The first-order valence-electron chi connectivity index (χ1n) is 5.24. The molecule has 0 saturated carbocycles. The van der Waals surface area contributed by atoms with E-state index in [1.165, 1.54) is 36.4 Å². The number of methoxy groups -OCH3 is 1. The molecule has 2 heterocycles. The number of esters is 1. The second kappa shape index (κ2) is 4.84. The molecule has 0 fully saturated rings. The van der Waals surface area contributed by atoms with Gasteiger partial charge in [0, 0.05) is 25.0 Å². The van der Waals surface area contributed by atoms with Crippen molar-refractivity contribution in [2.45, 2.75) is 0 Å². The van der Waals surface area contributed by atoms with Gasteiger partial charge in [0.2, 0.25) is 0 Å². The van der Waals surface area contributed by atoms with Gasteiger partial charge in [-0.3, -0.25) is 19.8 Å². The quantitative estimate of drug-likeness (QED) is 0.467. The Balaban J connectivity index is 2.53. The minimum Gasteiger partial charge on any atom is -0.465 e. The summed E-state index contributed by atoms with van der Waals surface area (Å²) in [5.41, 5.74) is 0.604. The summed E-state index contributed by atoms with van der Waals surface area (Å²) in [6.07, 6.45) is 4.02. The number of pyridine rings is 1. The Bertz CT molecular complexity index is 650. The molecule has 0 aliphatic rings. The van der Waals surface area contributed by atoms with Crippen LogP contribution in [0.15, 0.2) is 24.7 Å². The van der Waals surface area contributed by atoms with E-state index in [0.29, 0.717) is 5.56 Å². The van der Waals surface area contributed by atoms with Gasteiger partial charge in [0.15, 0.2) is 5.69 Å². The Morgan fingerprint density at radius 3 is 2.84 bits per heavy atom. The predicted molar refractivity (Wildman–Crippen MR) is 64.4 cm³/mol. The fourth-order valence-corrected chi connectivity index (χ4v) is 1.61. The van der Waals surface area contributed by atoms with Crippen LogP contribution in [0.2, 0.25) is 0 Å². The summed E-state index contributed by atoms with van der Waals surface area (Å²) in [4.78, 5) is 25.7. The zero-order valence-corrected chi connectivity index (χ0v) is 10.2. The van der Waals surface area contributed by atoms with Gasteiger partial charge in [-0.15, -0.1) is 0 Å². The van der Waals surface area contributed by atoms with E-state index in [1.807, 2.05) is 0 Å². The van der Waals surface area contributed by atoms with E-state index in [4.69, 9.17) is 0 Å². The number of carbonyl (C=O) groups excluding carboxylic acids is 1. The van der Waals surface area contributed by atoms with Crippen LogP contribution in [0.3, 0.4) is 0 Å². The van der Waals surface area contributed by atoms with E-state index in [9.17, 15) is 14.9 Å². The Kier molecular flexibility index (Phi) is 3.23. The summed E-state index contributed by atoms with van der Waals surface area (Å²) in [6, 6.07) is 1.45. The highest BCUT2D eigenvalue weighted by atomic mass is 16.6. The zero-order chi connectivity index (χ0) is 14.0. The van der Waals surface area contributed by atoms with Gasteiger partial charge in [0.1, 0.15) is 6.20 Å². The van der Waals surface area contributed by atoms with E-state index in [1.54, 1.807) is 7.05 Å². The molecule has 0 saturated heterocycles. The van der Waals surface area contributed by atoms with Gasteiger partial charge in [-0.05, 0) is 6.07 Å². The second-order valence-corrected chi connectivity index (χ2v) is 3.75. The monoisotopic (exact) mass is 262 g/mol. The van der Waals surface area contributed by atoms with Crippen LogP contribution in [-0.2, 0) is 11.8 Å². The topological polar surface area (TPSA) is 100 Å². The van der Waals surface area contributed by atoms with Crippen molar-refractivity contribution in [3.8, 4) is 11.3 Å². The third-order valence-corrected chi connectivity index (χ3v) is 2.44. The van der Waals surface area contributed by atoms with Gasteiger partial charge in [0.05, 0.1) is 17.6 Å². The van der Waals surface area contributed by atoms with E-state index in [2.05, 4.69) is 14.8 Å². The van der Waals surface area contributed by atoms with Gasteiger partial charge in [-0.1, -0.05) is 0 Å². The van der Waals surface area contributed by atoms with Crippen LogP contribution in [0.25, 0.3) is 11.3 Å². The molecule has 0 spiro atoms. The van der Waals surface area contributed by atoms with E-state index < -0.39 is 10.9 Å². The number of carbonyl (C=O) groups is 1. The lowest BCUT2D eigenvalue weighted by atomic mass is 10.1. The molecule has 0 N–H and O–H groups in total. The minimum atomic E-state index is -0.562. The van der Waals surface area contributed by atoms with Crippen LogP contribution in [0.4, 0.5) is 5.69 Å². The summed E-state index contributed by atoms with van der Waals surface area (Å²) >= 11 is 0. The third-order valence-electron chi connectivity index (χ3n) is 2.44. The Morgan fingerprint density at radius 2 is 2.21 bits per heavy atom. The SMILES string of the molecule is COC(=O)c1cncc(-c2nn(C)cc2[N+](=O)[O-])c1. The zero-order valence-electron chi connectivity index (χ0n) is 10.2. The minimum absolute atomic E-state index is 0.147. The molecule has 0 unspecified atom stereocenters. The summed E-state index contributed by atoms with van der Waals surface area (Å²) in [5, 5.41) is 14.9. The maximum absolute atomic E-state index is 11.4. The van der Waals surface area contributed by atoms with Gasteiger partial charge >= 0.3 is 11.7 Å². The number of rotatable bonds is 3. The molecule has 2 rings (SSSR count). The molecule has 0 aliphatic heterocycles. The molecule has 0 radical (unpaired) electrons. The predicted octanol–water partition coefficient (Wildman–Crippen LogP) is 1.18. The van der Waals surface area contributed by atoms with E-state index in [0.717, 1.165) is 0 Å². The van der Waals surface area contributed by atoms with Gasteiger partial charge in [-0.2, -0.15) is 5.10 Å². The van der Waals surface area contributed by atoms with Crippen LogP contribution in [0.5, 0.6) is 0 Å². The molecular formula is C11H10N4O4. The molecule has 0 atom stereocenters. The summed E-state index contributed by atoms with van der Waals surface area (Å²) in [6.45, 7) is 0. The van der Waals surface area contributed by atoms with Gasteiger partial charge < -0.3 is 4.74 Å². The summed E-state index contributed by atoms with van der Waals surface area (Å²) < 4.78 is 5.90. The second-order valence-electron chi connectivity index (χ2n) is 3.75. The normalized spacial score (nSPS) is 10.2. The molecule has 0 amide bonds. The highest BCUT2D eigenvalue weighted by Gasteiger charge is 2.21. The van der Waals surface area contributed by atoms with Gasteiger partial charge in [-0.25, -0.2) is 4.79 Å². The molecule has 8 nitrogen and oxygen atoms in total. The average Bonchev–Trinajstić information content (AvgIpc) is 2.80. The molecule has 2 aromatic heterocycles. The van der Waals surface area contributed by atoms with E-state index >= 15 is 0 Å². The maximum atomic E-state index is 11.4. The molecule has 98 valence electrons. The highest BCUT2D eigenvalue weighted by molar-refractivity contribution is 5.90. The molecule has 8 heteroatoms. The fourth-order valence-electron chi connectivity index (χ4n) is 1.61. The van der Waals surface area contributed by atoms with Crippen molar-refractivity contribution in [2.24, 2.45) is 7.05 Å². The van der Waals surface area contributed by atoms with Crippen molar-refractivity contribution >= 4 is 11.7 Å². The molecule has 0 bridgehead atoms. The summed E-state index contributed by atoms with van der Waals surface area (Å²) in [7, 11) is 2.83. The van der Waals surface area contributed by atoms with Crippen LogP contribution in [0, 0.1) is 10.1 Å². The number of aromatic nitrogens is 3. The highest BCUT2D eigenvalue weighted by Crippen LogP contribution is 2.27. The number of aryl methyl sites for hydroxylation is 1. The van der Waals surface area contributed by atoms with Crippen molar-refractivity contribution in [3.63, 3.8) is 0 Å². The number of ether oxygens (including phenoxy) is 1. The van der Waals surface area contributed by atoms with Crippen molar-refractivity contribution in [1.82, 2.24) is 14.8 Å². The lowest BCUT2D eigenvalue weighted by Crippen LogP contribution is -2.02. The third kappa shape index (κ3) is 2.41. The van der Waals surface area contributed by atoms with Crippen LogP contribution in [-0.4, -0.2) is 32.8 Å². The molecule has 0 aliphatic carbocycles. The van der Waals surface area contributed by atoms with Crippen molar-refractivity contribution in [1.29, 1.82) is 0 Å². The number of nitro groups is 1. The number of nitrogens with zero attached hydrogens (tertiary/aromatic N) is 4.